The fraction of sp³-hybridized carbons (Fsp3) is 0.0625. The maximum absolute atomic E-state index is 11.1. The third kappa shape index (κ3) is 11.8. The van der Waals surface area contributed by atoms with Crippen LogP contribution in [-0.4, -0.2) is 53.7 Å². The Hall–Kier alpha value is -2.44. The third-order valence-corrected chi connectivity index (χ3v) is 9.71. The molecular formula is C32H25ClNa2O11S3. The van der Waals surface area contributed by atoms with E-state index in [1.54, 1.807) is 62.8 Å². The maximum atomic E-state index is 11.1. The van der Waals surface area contributed by atoms with E-state index in [1.807, 2.05) is 6.07 Å². The van der Waals surface area contributed by atoms with Crippen LogP contribution in [0.1, 0.15) is 0 Å². The zero-order valence-electron chi connectivity index (χ0n) is 26.5. The molecule has 0 amide bonds. The van der Waals surface area contributed by atoms with Crippen LogP contribution in [0, 0.1) is 0 Å². The van der Waals surface area contributed by atoms with Crippen molar-refractivity contribution in [3.63, 3.8) is 0 Å². The van der Waals surface area contributed by atoms with Gasteiger partial charge in [-0.05, 0) is 105 Å². The fourth-order valence-corrected chi connectivity index (χ4v) is 6.13. The largest absolute Gasteiger partial charge is 1.00 e. The molecule has 49 heavy (non-hydrogen) atoms. The third-order valence-electron chi connectivity index (χ3n) is 6.69. The van der Waals surface area contributed by atoms with Crippen molar-refractivity contribution < 1.29 is 108 Å². The SMILES string of the molecule is COc1ccc2cc(S(=O)(=O)Cl)ccc2c1.COc1ccc2cc(S(=O)(=O)[O-])ccc2c1.O=S(=O)([O-])c1ccc2cc(O)ccc2c1.[Na+].[Na+]. The smallest absolute Gasteiger partial charge is 0.744 e. The van der Waals surface area contributed by atoms with Crippen molar-refractivity contribution in [2.45, 2.75) is 14.7 Å². The van der Waals surface area contributed by atoms with Crippen LogP contribution < -0.4 is 68.6 Å². The van der Waals surface area contributed by atoms with E-state index in [0.29, 0.717) is 21.9 Å². The molecule has 0 heterocycles. The summed E-state index contributed by atoms with van der Waals surface area (Å²) in [5.41, 5.74) is 0. The van der Waals surface area contributed by atoms with Crippen molar-refractivity contribution in [1.82, 2.24) is 0 Å². The van der Waals surface area contributed by atoms with Crippen LogP contribution in [-0.2, 0) is 29.3 Å². The molecule has 0 aromatic heterocycles. The van der Waals surface area contributed by atoms with Crippen molar-refractivity contribution in [1.29, 1.82) is 0 Å². The van der Waals surface area contributed by atoms with E-state index in [1.165, 1.54) is 54.6 Å². The summed E-state index contributed by atoms with van der Waals surface area (Å²) in [5.74, 6) is 1.51. The summed E-state index contributed by atoms with van der Waals surface area (Å²) in [4.78, 5) is -0.377. The fourth-order valence-electron chi connectivity index (χ4n) is 4.33. The van der Waals surface area contributed by atoms with Gasteiger partial charge in [0.15, 0.2) is 0 Å². The molecule has 6 rings (SSSR count). The van der Waals surface area contributed by atoms with Gasteiger partial charge in [-0.3, -0.25) is 0 Å². The topological polar surface area (TPSA) is 187 Å². The first-order valence-electron chi connectivity index (χ1n) is 13.2. The summed E-state index contributed by atoms with van der Waals surface area (Å²) >= 11 is 0. The molecule has 1 N–H and O–H groups in total. The molecule has 0 saturated carbocycles. The van der Waals surface area contributed by atoms with Crippen LogP contribution in [0.25, 0.3) is 32.3 Å². The Morgan fingerprint density at radius 2 is 0.796 bits per heavy atom. The summed E-state index contributed by atoms with van der Waals surface area (Å²) in [5, 5.41) is 13.7. The van der Waals surface area contributed by atoms with Crippen molar-refractivity contribution >= 4 is 72.3 Å². The van der Waals surface area contributed by atoms with Crippen LogP contribution in [0.4, 0.5) is 0 Å². The first kappa shape index (κ1) is 42.7. The summed E-state index contributed by atoms with van der Waals surface area (Å²) in [6.45, 7) is 0. The quantitative estimate of drug-likeness (QED) is 0.141. The molecule has 0 bridgehead atoms. The Bertz CT molecular complexity index is 2330. The van der Waals surface area contributed by atoms with Crippen molar-refractivity contribution in [3.05, 3.63) is 109 Å². The number of fused-ring (bicyclic) bond motifs is 3. The Labute approximate surface area is 332 Å². The molecule has 11 nitrogen and oxygen atoms in total. The van der Waals surface area contributed by atoms with Gasteiger partial charge < -0.3 is 23.7 Å². The molecule has 0 radical (unpaired) electrons. The predicted octanol–water partition coefficient (Wildman–Crippen LogP) is -0.0141. The van der Waals surface area contributed by atoms with Crippen LogP contribution in [0.5, 0.6) is 17.2 Å². The van der Waals surface area contributed by atoms with Gasteiger partial charge in [0.1, 0.15) is 37.5 Å². The molecule has 0 aliphatic rings. The average Bonchev–Trinajstić information content (AvgIpc) is 3.02. The van der Waals surface area contributed by atoms with E-state index in [0.717, 1.165) is 21.9 Å². The van der Waals surface area contributed by atoms with Crippen molar-refractivity contribution in [2.24, 2.45) is 0 Å². The summed E-state index contributed by atoms with van der Waals surface area (Å²) in [7, 11) is -4.08. The van der Waals surface area contributed by atoms with Crippen LogP contribution >= 0.6 is 10.7 Å². The number of benzene rings is 6. The summed E-state index contributed by atoms with van der Waals surface area (Å²) in [6, 6.07) is 28.0. The van der Waals surface area contributed by atoms with Crippen LogP contribution in [0.3, 0.4) is 0 Å². The number of methoxy groups -OCH3 is 2. The molecular weight excluding hydrogens is 738 g/mol. The molecule has 6 aromatic carbocycles. The first-order valence-corrected chi connectivity index (χ1v) is 18.4. The monoisotopic (exact) mass is 762 g/mol. The Balaban J connectivity index is 0.000000250. The molecule has 17 heteroatoms. The molecule has 0 unspecified atom stereocenters. The van der Waals surface area contributed by atoms with Crippen LogP contribution in [0.2, 0.25) is 0 Å². The Morgan fingerprint density at radius 1 is 0.490 bits per heavy atom. The van der Waals surface area contributed by atoms with Gasteiger partial charge >= 0.3 is 59.1 Å². The first-order chi connectivity index (χ1) is 22.0. The molecule has 0 atom stereocenters. The van der Waals surface area contributed by atoms with Gasteiger partial charge in [0.25, 0.3) is 9.05 Å². The minimum Gasteiger partial charge on any atom is -0.744 e. The van der Waals surface area contributed by atoms with Crippen molar-refractivity contribution in [3.8, 4) is 17.2 Å². The maximum Gasteiger partial charge on any atom is 1.00 e. The predicted molar refractivity (Wildman–Crippen MR) is 176 cm³/mol. The van der Waals surface area contributed by atoms with Crippen LogP contribution in [0.15, 0.2) is 124 Å². The number of ether oxygens (including phenoxy) is 2. The van der Waals surface area contributed by atoms with E-state index >= 15 is 0 Å². The van der Waals surface area contributed by atoms with Gasteiger partial charge in [-0.1, -0.05) is 36.4 Å². The van der Waals surface area contributed by atoms with Gasteiger partial charge in [0.05, 0.1) is 28.9 Å². The second kappa shape index (κ2) is 17.7. The van der Waals surface area contributed by atoms with E-state index in [4.69, 9.17) is 20.2 Å². The van der Waals surface area contributed by atoms with E-state index in [-0.39, 0.29) is 79.6 Å². The number of hydrogen-bond acceptors (Lipinski definition) is 11. The van der Waals surface area contributed by atoms with Gasteiger partial charge in [0.2, 0.25) is 0 Å². The van der Waals surface area contributed by atoms with E-state index in [9.17, 15) is 39.5 Å². The van der Waals surface area contributed by atoms with Gasteiger partial charge in [0, 0.05) is 10.7 Å². The molecule has 0 saturated heterocycles. The zero-order chi connectivity index (χ0) is 34.6. The molecule has 6 aromatic rings. The second-order valence-corrected chi connectivity index (χ2v) is 15.1. The number of phenols is 1. The number of halogens is 1. The molecule has 0 spiro atoms. The van der Waals surface area contributed by atoms with Gasteiger partial charge in [-0.15, -0.1) is 0 Å². The number of phenolic OH excluding ortho intramolecular Hbond substituents is 1. The number of hydrogen-bond donors (Lipinski definition) is 1. The zero-order valence-corrected chi connectivity index (χ0v) is 33.7. The molecule has 0 aliphatic heterocycles. The minimum atomic E-state index is -4.42. The summed E-state index contributed by atoms with van der Waals surface area (Å²) in [6.07, 6.45) is 0. The second-order valence-electron chi connectivity index (χ2n) is 9.79. The normalized spacial score (nSPS) is 11.2. The summed E-state index contributed by atoms with van der Waals surface area (Å²) < 4.78 is 97.1. The minimum absolute atomic E-state index is 0. The Kier molecular flexibility index (Phi) is 15.4. The molecule has 0 fully saturated rings. The van der Waals surface area contributed by atoms with Crippen molar-refractivity contribution in [2.75, 3.05) is 14.2 Å². The van der Waals surface area contributed by atoms with Gasteiger partial charge in [-0.25, -0.2) is 25.3 Å². The Morgan fingerprint density at radius 3 is 1.16 bits per heavy atom. The number of rotatable bonds is 5. The number of aromatic hydroxyl groups is 1. The average molecular weight is 763 g/mol. The van der Waals surface area contributed by atoms with E-state index in [2.05, 4.69) is 0 Å². The molecule has 0 aliphatic carbocycles. The van der Waals surface area contributed by atoms with E-state index < -0.39 is 29.3 Å². The molecule has 246 valence electrons. The standard InChI is InChI=1S/C11H9ClO3S.C11H10O4S.C10H8O4S.2Na/c2*1-15-10-4-2-9-7-11(16(12,13)14)5-3-8(9)6-10;11-9-3-1-8-6-10(15(12,13)14)4-2-7(8)5-9;;/h2-7H,1H3;2-7H,1H3,(H,12,13,14);1-6,11H,(H,12,13,14);;/q;;;2*+1/p-2. The van der Waals surface area contributed by atoms with Gasteiger partial charge in [-0.2, -0.15) is 0 Å².